The molecule has 0 unspecified atom stereocenters. The Labute approximate surface area is 111 Å². The van der Waals surface area contributed by atoms with Crippen molar-refractivity contribution in [2.45, 2.75) is 53.0 Å². The van der Waals surface area contributed by atoms with E-state index in [9.17, 15) is 0 Å². The molecule has 1 aliphatic heterocycles. The van der Waals surface area contributed by atoms with Crippen molar-refractivity contribution in [2.75, 3.05) is 13.1 Å². The van der Waals surface area contributed by atoms with Crippen molar-refractivity contribution in [1.82, 2.24) is 14.9 Å². The lowest BCUT2D eigenvalue weighted by Gasteiger charge is -2.32. The van der Waals surface area contributed by atoms with E-state index in [2.05, 4.69) is 48.8 Å². The number of aromatic nitrogens is 2. The quantitative estimate of drug-likeness (QED) is 0.889. The molecule has 0 atom stereocenters. The molecule has 0 radical (unpaired) electrons. The van der Waals surface area contributed by atoms with E-state index in [-0.39, 0.29) is 0 Å². The van der Waals surface area contributed by atoms with E-state index in [0.717, 1.165) is 19.6 Å². The fourth-order valence-electron chi connectivity index (χ4n) is 2.54. The summed E-state index contributed by atoms with van der Waals surface area (Å²) in [5.74, 6) is 1.37. The lowest BCUT2D eigenvalue weighted by atomic mass is 9.81. The summed E-state index contributed by atoms with van der Waals surface area (Å²) in [6.45, 7) is 12.7. The predicted octanol–water partition coefficient (Wildman–Crippen LogP) is 3.03. The highest BCUT2D eigenvalue weighted by Gasteiger charge is 2.26. The van der Waals surface area contributed by atoms with E-state index in [1.807, 2.05) is 6.33 Å². The van der Waals surface area contributed by atoms with Crippen molar-refractivity contribution >= 4 is 0 Å². The third kappa shape index (κ3) is 2.94. The molecule has 0 saturated carbocycles. The molecule has 1 aromatic heterocycles. The van der Waals surface area contributed by atoms with Gasteiger partial charge in [0.05, 0.1) is 6.33 Å². The van der Waals surface area contributed by atoms with Crippen molar-refractivity contribution in [1.29, 1.82) is 0 Å². The zero-order valence-corrected chi connectivity index (χ0v) is 12.2. The minimum absolute atomic E-state index is 0.322. The second-order valence-corrected chi connectivity index (χ2v) is 6.61. The van der Waals surface area contributed by atoms with Crippen LogP contribution in [0.3, 0.4) is 0 Å². The monoisotopic (exact) mass is 249 g/mol. The molecule has 2 heterocycles. The molecule has 0 aromatic carbocycles. The van der Waals surface area contributed by atoms with Crippen LogP contribution in [0.5, 0.6) is 0 Å². The van der Waals surface area contributed by atoms with Crippen LogP contribution < -0.4 is 5.32 Å². The van der Waals surface area contributed by atoms with E-state index in [1.165, 1.54) is 18.5 Å². The molecule has 1 saturated heterocycles. The largest absolute Gasteiger partial charge is 0.334 e. The zero-order valence-electron chi connectivity index (χ0n) is 12.2. The van der Waals surface area contributed by atoms with Gasteiger partial charge in [-0.15, -0.1) is 0 Å². The molecule has 0 spiro atoms. The van der Waals surface area contributed by atoms with Gasteiger partial charge in [0.15, 0.2) is 0 Å². The third-order valence-corrected chi connectivity index (χ3v) is 4.64. The maximum Gasteiger partial charge on any atom is 0.0948 e. The molecule has 102 valence electrons. The van der Waals surface area contributed by atoms with Crippen molar-refractivity contribution in [3.63, 3.8) is 0 Å². The van der Waals surface area contributed by atoms with Crippen LogP contribution in [0.2, 0.25) is 0 Å². The number of nitrogens with zero attached hydrogens (tertiary/aromatic N) is 2. The summed E-state index contributed by atoms with van der Waals surface area (Å²) in [7, 11) is 0. The van der Waals surface area contributed by atoms with Gasteiger partial charge in [-0.1, -0.05) is 27.7 Å². The van der Waals surface area contributed by atoms with Crippen molar-refractivity contribution < 1.29 is 0 Å². The summed E-state index contributed by atoms with van der Waals surface area (Å²) in [5, 5.41) is 3.43. The first-order chi connectivity index (χ1) is 8.50. The van der Waals surface area contributed by atoms with Crippen LogP contribution in [0, 0.1) is 11.3 Å². The standard InChI is InChI=1S/C15H27N3/c1-12(2)15(3,4)10-18-11-17-9-14(18)13-5-7-16-8-6-13/h9,11-13,16H,5-8,10H2,1-4H3. The number of hydrogen-bond donors (Lipinski definition) is 1. The Hall–Kier alpha value is -0.830. The molecule has 1 fully saturated rings. The maximum absolute atomic E-state index is 4.38. The van der Waals surface area contributed by atoms with Crippen molar-refractivity contribution in [2.24, 2.45) is 11.3 Å². The number of imidazole rings is 1. The molecule has 2 rings (SSSR count). The summed E-state index contributed by atoms with van der Waals surface area (Å²) in [5.41, 5.74) is 1.76. The lowest BCUT2D eigenvalue weighted by molar-refractivity contribution is 0.206. The number of piperidine rings is 1. The van der Waals surface area contributed by atoms with Crippen LogP contribution >= 0.6 is 0 Å². The van der Waals surface area contributed by atoms with Gasteiger partial charge < -0.3 is 9.88 Å². The first kappa shape index (κ1) is 13.6. The molecular formula is C15H27N3. The molecule has 0 aliphatic carbocycles. The van der Waals surface area contributed by atoms with Gasteiger partial charge in [0.1, 0.15) is 0 Å². The van der Waals surface area contributed by atoms with Gasteiger partial charge in [0.2, 0.25) is 0 Å². The lowest BCUT2D eigenvalue weighted by Crippen LogP contribution is -2.30. The van der Waals surface area contributed by atoms with E-state index in [0.29, 0.717) is 17.3 Å². The summed E-state index contributed by atoms with van der Waals surface area (Å²) < 4.78 is 2.38. The zero-order chi connectivity index (χ0) is 13.2. The van der Waals surface area contributed by atoms with Crippen LogP contribution in [-0.4, -0.2) is 22.6 Å². The molecule has 3 heteroatoms. The van der Waals surface area contributed by atoms with Crippen molar-refractivity contribution in [3.8, 4) is 0 Å². The highest BCUT2D eigenvalue weighted by molar-refractivity contribution is 5.08. The molecule has 1 aliphatic rings. The highest BCUT2D eigenvalue weighted by atomic mass is 15.1. The van der Waals surface area contributed by atoms with Gasteiger partial charge in [-0.05, 0) is 37.3 Å². The van der Waals surface area contributed by atoms with Gasteiger partial charge >= 0.3 is 0 Å². The Morgan fingerprint density at radius 2 is 2.06 bits per heavy atom. The average molecular weight is 249 g/mol. The molecular weight excluding hydrogens is 222 g/mol. The van der Waals surface area contributed by atoms with Gasteiger partial charge in [-0.2, -0.15) is 0 Å². The van der Waals surface area contributed by atoms with Crippen LogP contribution in [0.15, 0.2) is 12.5 Å². The SMILES string of the molecule is CC(C)C(C)(C)Cn1cncc1C1CCNCC1. The average Bonchev–Trinajstić information content (AvgIpc) is 2.77. The highest BCUT2D eigenvalue weighted by Crippen LogP contribution is 2.31. The summed E-state index contributed by atoms with van der Waals surface area (Å²) in [6.07, 6.45) is 6.58. The van der Waals surface area contributed by atoms with E-state index >= 15 is 0 Å². The minimum Gasteiger partial charge on any atom is -0.334 e. The van der Waals surface area contributed by atoms with Crippen LogP contribution in [0.1, 0.15) is 52.1 Å². The Bertz CT molecular complexity index is 373. The van der Waals surface area contributed by atoms with Gasteiger partial charge in [0, 0.05) is 24.4 Å². The van der Waals surface area contributed by atoms with E-state index in [1.54, 1.807) is 0 Å². The first-order valence-corrected chi connectivity index (χ1v) is 7.21. The minimum atomic E-state index is 0.322. The maximum atomic E-state index is 4.38. The Morgan fingerprint density at radius 3 is 2.67 bits per heavy atom. The summed E-state index contributed by atoms with van der Waals surface area (Å²) in [4.78, 5) is 4.38. The second-order valence-electron chi connectivity index (χ2n) is 6.61. The summed E-state index contributed by atoms with van der Waals surface area (Å²) >= 11 is 0. The van der Waals surface area contributed by atoms with Gasteiger partial charge in [-0.3, -0.25) is 0 Å². The van der Waals surface area contributed by atoms with E-state index < -0.39 is 0 Å². The normalized spacial score (nSPS) is 18.5. The fraction of sp³-hybridized carbons (Fsp3) is 0.800. The first-order valence-electron chi connectivity index (χ1n) is 7.21. The molecule has 1 aromatic rings. The topological polar surface area (TPSA) is 29.9 Å². The van der Waals surface area contributed by atoms with Gasteiger partial charge in [-0.25, -0.2) is 4.98 Å². The Balaban J connectivity index is 2.12. The number of rotatable bonds is 4. The molecule has 1 N–H and O–H groups in total. The van der Waals surface area contributed by atoms with Gasteiger partial charge in [0.25, 0.3) is 0 Å². The third-order valence-electron chi connectivity index (χ3n) is 4.64. The van der Waals surface area contributed by atoms with Crippen LogP contribution in [0.4, 0.5) is 0 Å². The molecule has 18 heavy (non-hydrogen) atoms. The molecule has 0 bridgehead atoms. The second kappa shape index (κ2) is 5.43. The summed E-state index contributed by atoms with van der Waals surface area (Å²) in [6, 6.07) is 0. The fourth-order valence-corrected chi connectivity index (χ4v) is 2.54. The molecule has 3 nitrogen and oxygen atoms in total. The van der Waals surface area contributed by atoms with Crippen molar-refractivity contribution in [3.05, 3.63) is 18.2 Å². The Kier molecular flexibility index (Phi) is 4.10. The number of nitrogens with one attached hydrogen (secondary N) is 1. The van der Waals surface area contributed by atoms with Crippen LogP contribution in [0.25, 0.3) is 0 Å². The predicted molar refractivity (Wildman–Crippen MR) is 75.7 cm³/mol. The molecule has 0 amide bonds. The van der Waals surface area contributed by atoms with Crippen LogP contribution in [-0.2, 0) is 6.54 Å². The van der Waals surface area contributed by atoms with E-state index in [4.69, 9.17) is 0 Å². The smallest absolute Gasteiger partial charge is 0.0948 e. The number of hydrogen-bond acceptors (Lipinski definition) is 2. The Morgan fingerprint density at radius 1 is 1.39 bits per heavy atom.